The average molecular weight is 343 g/mol. The molecule has 1 fully saturated rings. The molecule has 1 aliphatic heterocycles. The lowest BCUT2D eigenvalue weighted by atomic mass is 9.95. The number of benzene rings is 1. The van der Waals surface area contributed by atoms with E-state index in [1.54, 1.807) is 12.1 Å². The third-order valence-corrected chi connectivity index (χ3v) is 4.63. The maximum Gasteiger partial charge on any atom is 0.123 e. The summed E-state index contributed by atoms with van der Waals surface area (Å²) >= 11 is 3.56. The number of nitrogens with two attached hydrogens (primary N) is 1. The topological polar surface area (TPSA) is 29.3 Å². The van der Waals surface area contributed by atoms with Crippen LogP contribution in [0.5, 0.6) is 0 Å². The lowest BCUT2D eigenvalue weighted by Crippen LogP contribution is -2.41. The Labute approximate surface area is 129 Å². The van der Waals surface area contributed by atoms with E-state index < -0.39 is 0 Å². The van der Waals surface area contributed by atoms with Crippen LogP contribution in [-0.4, -0.2) is 24.0 Å². The zero-order valence-corrected chi connectivity index (χ0v) is 13.9. The molecule has 0 spiro atoms. The van der Waals surface area contributed by atoms with E-state index in [1.807, 2.05) is 0 Å². The van der Waals surface area contributed by atoms with Crippen molar-refractivity contribution in [2.24, 2.45) is 11.7 Å². The van der Waals surface area contributed by atoms with Crippen LogP contribution in [0.3, 0.4) is 0 Å². The largest absolute Gasteiger partial charge is 0.326 e. The van der Waals surface area contributed by atoms with Gasteiger partial charge in [0.2, 0.25) is 0 Å². The molecule has 0 aliphatic carbocycles. The Bertz CT molecular complexity index is 450. The van der Waals surface area contributed by atoms with Gasteiger partial charge < -0.3 is 5.73 Å². The van der Waals surface area contributed by atoms with E-state index in [0.717, 1.165) is 36.0 Å². The molecule has 1 saturated heterocycles. The summed E-state index contributed by atoms with van der Waals surface area (Å²) in [6.45, 7) is 6.48. The Kier molecular flexibility index (Phi) is 5.58. The predicted octanol–water partition coefficient (Wildman–Crippen LogP) is 4.10. The standard InChI is InChI=1S/C16H24BrFN2/c1-11(2)10-20-8-4-3-5-15(19)16(20)13-9-12(18)6-7-14(13)17/h6-7,9,11,15-16H,3-5,8,10,19H2,1-2H3. The van der Waals surface area contributed by atoms with Gasteiger partial charge in [0, 0.05) is 17.1 Å². The molecule has 0 bridgehead atoms. The second kappa shape index (κ2) is 7.01. The molecule has 1 aliphatic rings. The first-order chi connectivity index (χ1) is 9.49. The summed E-state index contributed by atoms with van der Waals surface area (Å²) in [5.41, 5.74) is 7.40. The molecule has 20 heavy (non-hydrogen) atoms. The van der Waals surface area contributed by atoms with Gasteiger partial charge in [0.15, 0.2) is 0 Å². The van der Waals surface area contributed by atoms with Crippen LogP contribution >= 0.6 is 15.9 Å². The summed E-state index contributed by atoms with van der Waals surface area (Å²) in [5.74, 6) is 0.388. The van der Waals surface area contributed by atoms with E-state index in [-0.39, 0.29) is 17.9 Å². The number of hydrogen-bond acceptors (Lipinski definition) is 2. The fourth-order valence-corrected chi connectivity index (χ4v) is 3.59. The minimum atomic E-state index is -0.191. The van der Waals surface area contributed by atoms with Crippen molar-refractivity contribution in [3.05, 3.63) is 34.1 Å². The molecule has 2 N–H and O–H groups in total. The van der Waals surface area contributed by atoms with Crippen molar-refractivity contribution in [3.63, 3.8) is 0 Å². The van der Waals surface area contributed by atoms with Gasteiger partial charge in [-0.2, -0.15) is 0 Å². The summed E-state index contributed by atoms with van der Waals surface area (Å²) in [6.07, 6.45) is 3.32. The molecule has 2 nitrogen and oxygen atoms in total. The first kappa shape index (κ1) is 15.9. The van der Waals surface area contributed by atoms with Gasteiger partial charge in [0.1, 0.15) is 5.82 Å². The first-order valence-electron chi connectivity index (χ1n) is 7.43. The molecular weight excluding hydrogens is 319 g/mol. The average Bonchev–Trinajstić information content (AvgIpc) is 2.54. The summed E-state index contributed by atoms with van der Waals surface area (Å²) < 4.78 is 14.6. The Hall–Kier alpha value is -0.450. The monoisotopic (exact) mass is 342 g/mol. The van der Waals surface area contributed by atoms with Gasteiger partial charge in [-0.15, -0.1) is 0 Å². The second-order valence-corrected chi connectivity index (χ2v) is 7.01. The van der Waals surface area contributed by atoms with Crippen molar-refractivity contribution in [3.8, 4) is 0 Å². The summed E-state index contributed by atoms with van der Waals surface area (Å²) in [6, 6.07) is 5.07. The van der Waals surface area contributed by atoms with Crippen LogP contribution in [0.15, 0.2) is 22.7 Å². The Morgan fingerprint density at radius 3 is 2.85 bits per heavy atom. The van der Waals surface area contributed by atoms with E-state index in [2.05, 4.69) is 34.7 Å². The van der Waals surface area contributed by atoms with Gasteiger partial charge >= 0.3 is 0 Å². The third kappa shape index (κ3) is 3.80. The van der Waals surface area contributed by atoms with Crippen LogP contribution in [0.4, 0.5) is 4.39 Å². The number of nitrogens with zero attached hydrogens (tertiary/aromatic N) is 1. The number of hydrogen-bond donors (Lipinski definition) is 1. The fraction of sp³-hybridized carbons (Fsp3) is 0.625. The van der Waals surface area contributed by atoms with Gasteiger partial charge in [-0.1, -0.05) is 36.2 Å². The van der Waals surface area contributed by atoms with Crippen molar-refractivity contribution in [1.82, 2.24) is 4.90 Å². The zero-order chi connectivity index (χ0) is 14.7. The third-order valence-electron chi connectivity index (χ3n) is 3.91. The summed E-state index contributed by atoms with van der Waals surface area (Å²) in [7, 11) is 0. The molecule has 4 heteroatoms. The quantitative estimate of drug-likeness (QED) is 0.895. The van der Waals surface area contributed by atoms with Crippen LogP contribution < -0.4 is 5.73 Å². The van der Waals surface area contributed by atoms with E-state index in [0.29, 0.717) is 5.92 Å². The number of rotatable bonds is 3. The Morgan fingerprint density at radius 2 is 2.15 bits per heavy atom. The van der Waals surface area contributed by atoms with Crippen molar-refractivity contribution in [2.45, 2.75) is 45.2 Å². The number of likely N-dealkylation sites (tertiary alicyclic amines) is 1. The lowest BCUT2D eigenvalue weighted by molar-refractivity contribution is 0.165. The molecule has 1 aromatic rings. The van der Waals surface area contributed by atoms with E-state index in [9.17, 15) is 4.39 Å². The SMILES string of the molecule is CC(C)CN1CCCCC(N)C1c1cc(F)ccc1Br. The van der Waals surface area contributed by atoms with Crippen LogP contribution in [-0.2, 0) is 0 Å². The molecule has 1 heterocycles. The van der Waals surface area contributed by atoms with E-state index in [4.69, 9.17) is 5.73 Å². The van der Waals surface area contributed by atoms with Crippen LogP contribution in [0.1, 0.15) is 44.7 Å². The predicted molar refractivity (Wildman–Crippen MR) is 85.1 cm³/mol. The highest BCUT2D eigenvalue weighted by Crippen LogP contribution is 2.34. The van der Waals surface area contributed by atoms with Crippen molar-refractivity contribution in [2.75, 3.05) is 13.1 Å². The smallest absolute Gasteiger partial charge is 0.123 e. The van der Waals surface area contributed by atoms with Crippen molar-refractivity contribution < 1.29 is 4.39 Å². The maximum absolute atomic E-state index is 13.6. The van der Waals surface area contributed by atoms with Crippen molar-refractivity contribution in [1.29, 1.82) is 0 Å². The van der Waals surface area contributed by atoms with Gasteiger partial charge in [0.05, 0.1) is 6.04 Å². The Balaban J connectivity index is 2.36. The van der Waals surface area contributed by atoms with Gasteiger partial charge in [0.25, 0.3) is 0 Å². The maximum atomic E-state index is 13.6. The highest BCUT2D eigenvalue weighted by molar-refractivity contribution is 9.10. The highest BCUT2D eigenvalue weighted by Gasteiger charge is 2.30. The molecule has 0 saturated carbocycles. The highest BCUT2D eigenvalue weighted by atomic mass is 79.9. The first-order valence-corrected chi connectivity index (χ1v) is 8.23. The summed E-state index contributed by atoms with van der Waals surface area (Å²) in [5, 5.41) is 0. The summed E-state index contributed by atoms with van der Waals surface area (Å²) in [4.78, 5) is 2.43. The molecule has 0 aromatic heterocycles. The van der Waals surface area contributed by atoms with Crippen molar-refractivity contribution >= 4 is 15.9 Å². The molecule has 2 unspecified atom stereocenters. The molecule has 2 rings (SSSR count). The van der Waals surface area contributed by atoms with Gasteiger partial charge in [-0.05, 0) is 49.1 Å². The lowest BCUT2D eigenvalue weighted by Gasteiger charge is -2.35. The van der Waals surface area contributed by atoms with Gasteiger partial charge in [-0.25, -0.2) is 4.39 Å². The molecule has 0 radical (unpaired) electrons. The minimum absolute atomic E-state index is 0.0642. The van der Waals surface area contributed by atoms with Crippen LogP contribution in [0, 0.1) is 11.7 Å². The molecule has 1 aromatic carbocycles. The molecule has 0 amide bonds. The second-order valence-electron chi connectivity index (χ2n) is 6.16. The fourth-order valence-electron chi connectivity index (χ4n) is 3.11. The van der Waals surface area contributed by atoms with E-state index in [1.165, 1.54) is 12.5 Å². The molecule has 112 valence electrons. The number of halogens is 2. The zero-order valence-electron chi connectivity index (χ0n) is 12.3. The normalized spacial score (nSPS) is 24.9. The van der Waals surface area contributed by atoms with Gasteiger partial charge in [-0.3, -0.25) is 4.90 Å². The van der Waals surface area contributed by atoms with Crippen LogP contribution in [0.2, 0.25) is 0 Å². The van der Waals surface area contributed by atoms with E-state index >= 15 is 0 Å². The minimum Gasteiger partial charge on any atom is -0.326 e. The molecular formula is C16H24BrFN2. The van der Waals surface area contributed by atoms with Crippen LogP contribution in [0.25, 0.3) is 0 Å². The molecule has 2 atom stereocenters. The Morgan fingerprint density at radius 1 is 1.40 bits per heavy atom.